The van der Waals surface area contributed by atoms with Gasteiger partial charge in [0.1, 0.15) is 16.5 Å². The van der Waals surface area contributed by atoms with Gasteiger partial charge in [0.25, 0.3) is 0 Å². The Balaban J connectivity index is 3.19. The molecule has 0 aromatic heterocycles. The smallest absolute Gasteiger partial charge is 0.149 e. The van der Waals surface area contributed by atoms with Crippen molar-refractivity contribution in [3.8, 4) is 5.75 Å². The van der Waals surface area contributed by atoms with Crippen LogP contribution in [-0.2, 0) is 15.5 Å². The molecule has 1 aromatic carbocycles. The Labute approximate surface area is 85.3 Å². The minimum atomic E-state index is -2.51. The monoisotopic (exact) mass is 214 g/mol. The van der Waals surface area contributed by atoms with E-state index >= 15 is 0 Å². The van der Waals surface area contributed by atoms with Crippen LogP contribution in [0.2, 0.25) is 0 Å². The summed E-state index contributed by atoms with van der Waals surface area (Å²) in [5, 5.41) is 9.08. The van der Waals surface area contributed by atoms with E-state index in [2.05, 4.69) is 0 Å². The molecular weight excluding hydrogens is 200 g/mol. The first-order valence-electron chi connectivity index (χ1n) is 4.44. The molecule has 1 atom stereocenters. The highest BCUT2D eigenvalue weighted by Gasteiger charge is 2.27. The molecule has 1 rings (SSSR count). The van der Waals surface area contributed by atoms with Crippen LogP contribution < -0.4 is 0 Å². The van der Waals surface area contributed by atoms with E-state index in [1.54, 1.807) is 19.1 Å². The Morgan fingerprint density at radius 1 is 1.29 bits per heavy atom. The average molecular weight is 214 g/mol. The molecule has 0 radical (unpaired) electrons. The highest BCUT2D eigenvalue weighted by molar-refractivity contribution is 7.73. The van der Waals surface area contributed by atoms with Gasteiger partial charge in [0.05, 0.1) is 4.75 Å². The normalized spacial score (nSPS) is 15.4. The first-order chi connectivity index (χ1) is 6.50. The highest BCUT2D eigenvalue weighted by Crippen LogP contribution is 2.29. The number of phenolic OH excluding ortho intramolecular Hbond substituents is 1. The van der Waals surface area contributed by atoms with Crippen LogP contribution in [0.5, 0.6) is 5.75 Å². The third kappa shape index (κ3) is 1.90. The fourth-order valence-electron chi connectivity index (χ4n) is 1.26. The summed E-state index contributed by atoms with van der Waals surface area (Å²) in [6.07, 6.45) is 0.524. The van der Waals surface area contributed by atoms with Crippen LogP contribution in [0.3, 0.4) is 0 Å². The summed E-state index contributed by atoms with van der Waals surface area (Å²) in [7, 11) is -2.51. The summed E-state index contributed by atoms with van der Waals surface area (Å²) < 4.78 is 21.4. The molecule has 1 unspecified atom stereocenters. The Bertz CT molecular complexity index is 373. The lowest BCUT2D eigenvalue weighted by atomic mass is 9.97. The van der Waals surface area contributed by atoms with E-state index in [4.69, 9.17) is 5.11 Å². The molecule has 1 N–H and O–H groups in total. The SMILES string of the molecule is CCC(C)(c1ccc(O)cc1)[SH](=O)=O. The first-order valence-corrected chi connectivity index (χ1v) is 5.62. The number of thiol groups is 1. The summed E-state index contributed by atoms with van der Waals surface area (Å²) in [5.74, 6) is 0.147. The standard InChI is InChI=1S/C10H14O3S/c1-3-10(2,14(12)13)8-4-6-9(11)7-5-8/h4-7,11,14H,3H2,1-2H3. The topological polar surface area (TPSA) is 54.4 Å². The lowest BCUT2D eigenvalue weighted by Gasteiger charge is -2.21. The molecule has 0 saturated carbocycles. The van der Waals surface area contributed by atoms with Crippen molar-refractivity contribution in [3.63, 3.8) is 0 Å². The summed E-state index contributed by atoms with van der Waals surface area (Å²) in [4.78, 5) is 0. The van der Waals surface area contributed by atoms with Gasteiger partial charge in [-0.05, 0) is 31.0 Å². The minimum absolute atomic E-state index is 0.147. The van der Waals surface area contributed by atoms with Crippen LogP contribution in [0.15, 0.2) is 24.3 Å². The summed E-state index contributed by atoms with van der Waals surface area (Å²) in [5.41, 5.74) is 0.717. The second-order valence-corrected chi connectivity index (χ2v) is 4.93. The number of rotatable bonds is 3. The molecular formula is C10H14O3S. The van der Waals surface area contributed by atoms with E-state index < -0.39 is 15.5 Å². The van der Waals surface area contributed by atoms with Gasteiger partial charge < -0.3 is 5.11 Å². The molecule has 4 heteroatoms. The van der Waals surface area contributed by atoms with Gasteiger partial charge in [-0.15, -0.1) is 0 Å². The van der Waals surface area contributed by atoms with E-state index in [0.29, 0.717) is 12.0 Å². The van der Waals surface area contributed by atoms with E-state index in [1.807, 2.05) is 6.92 Å². The van der Waals surface area contributed by atoms with Gasteiger partial charge in [-0.25, -0.2) is 8.42 Å². The van der Waals surface area contributed by atoms with Crippen LogP contribution in [0.25, 0.3) is 0 Å². The molecule has 0 fully saturated rings. The maximum Gasteiger partial charge on any atom is 0.149 e. The van der Waals surface area contributed by atoms with Gasteiger partial charge in [0.2, 0.25) is 0 Å². The second kappa shape index (κ2) is 4.00. The fourth-order valence-corrected chi connectivity index (χ4v) is 1.88. The predicted octanol–water partition coefficient (Wildman–Crippen LogP) is 1.63. The van der Waals surface area contributed by atoms with Crippen molar-refractivity contribution >= 4 is 10.7 Å². The van der Waals surface area contributed by atoms with Crippen LogP contribution in [0.4, 0.5) is 0 Å². The quantitative estimate of drug-likeness (QED) is 0.752. The lowest BCUT2D eigenvalue weighted by molar-refractivity contribution is 0.474. The molecule has 78 valence electrons. The van der Waals surface area contributed by atoms with Gasteiger partial charge in [0, 0.05) is 0 Å². The molecule has 0 bridgehead atoms. The number of benzene rings is 1. The van der Waals surface area contributed by atoms with Gasteiger partial charge in [-0.3, -0.25) is 0 Å². The summed E-state index contributed by atoms with van der Waals surface area (Å²) in [6, 6.07) is 6.29. The van der Waals surface area contributed by atoms with Crippen molar-refractivity contribution in [1.82, 2.24) is 0 Å². The van der Waals surface area contributed by atoms with E-state index in [9.17, 15) is 8.42 Å². The van der Waals surface area contributed by atoms with E-state index in [-0.39, 0.29) is 5.75 Å². The molecule has 0 aliphatic carbocycles. The maximum absolute atomic E-state index is 11.1. The van der Waals surface area contributed by atoms with Gasteiger partial charge in [0.15, 0.2) is 0 Å². The molecule has 3 nitrogen and oxygen atoms in total. The fraction of sp³-hybridized carbons (Fsp3) is 0.400. The minimum Gasteiger partial charge on any atom is -0.508 e. The van der Waals surface area contributed by atoms with Crippen molar-refractivity contribution in [1.29, 1.82) is 0 Å². The Hall–Kier alpha value is -1.03. The molecule has 0 spiro atoms. The number of hydrogen-bond donors (Lipinski definition) is 2. The number of aromatic hydroxyl groups is 1. The Morgan fingerprint density at radius 3 is 2.14 bits per heavy atom. The average Bonchev–Trinajstić information content (AvgIpc) is 2.17. The highest BCUT2D eigenvalue weighted by atomic mass is 32.2. The predicted molar refractivity (Wildman–Crippen MR) is 56.1 cm³/mol. The van der Waals surface area contributed by atoms with Crippen molar-refractivity contribution in [3.05, 3.63) is 29.8 Å². The zero-order valence-corrected chi connectivity index (χ0v) is 9.12. The maximum atomic E-state index is 11.1. The molecule has 0 saturated heterocycles. The first kappa shape index (κ1) is 11.0. The van der Waals surface area contributed by atoms with Gasteiger partial charge in [-0.1, -0.05) is 19.1 Å². The number of phenols is 1. The molecule has 0 amide bonds. The summed E-state index contributed by atoms with van der Waals surface area (Å²) in [6.45, 7) is 3.52. The van der Waals surface area contributed by atoms with Gasteiger partial charge in [-0.2, -0.15) is 0 Å². The Morgan fingerprint density at radius 2 is 1.79 bits per heavy atom. The summed E-state index contributed by atoms with van der Waals surface area (Å²) >= 11 is 0. The van der Waals surface area contributed by atoms with E-state index in [0.717, 1.165) is 0 Å². The third-order valence-corrected chi connectivity index (χ3v) is 3.96. The zero-order chi connectivity index (χ0) is 10.8. The molecule has 1 aromatic rings. The zero-order valence-electron chi connectivity index (χ0n) is 8.23. The lowest BCUT2D eigenvalue weighted by Crippen LogP contribution is -2.22. The second-order valence-electron chi connectivity index (χ2n) is 3.43. The molecule has 0 aliphatic heterocycles. The van der Waals surface area contributed by atoms with Crippen LogP contribution in [0, 0.1) is 0 Å². The van der Waals surface area contributed by atoms with Crippen LogP contribution in [0.1, 0.15) is 25.8 Å². The van der Waals surface area contributed by atoms with Crippen molar-refractivity contribution in [2.75, 3.05) is 0 Å². The van der Waals surface area contributed by atoms with Gasteiger partial charge >= 0.3 is 0 Å². The molecule has 0 heterocycles. The van der Waals surface area contributed by atoms with Crippen LogP contribution in [-0.4, -0.2) is 13.5 Å². The number of hydrogen-bond acceptors (Lipinski definition) is 3. The van der Waals surface area contributed by atoms with Crippen molar-refractivity contribution in [2.24, 2.45) is 0 Å². The van der Waals surface area contributed by atoms with Crippen LogP contribution >= 0.6 is 0 Å². The van der Waals surface area contributed by atoms with Crippen molar-refractivity contribution < 1.29 is 13.5 Å². The Kier molecular flexibility index (Phi) is 3.16. The largest absolute Gasteiger partial charge is 0.508 e. The third-order valence-electron chi connectivity index (χ3n) is 2.58. The molecule has 0 aliphatic rings. The van der Waals surface area contributed by atoms with E-state index in [1.165, 1.54) is 12.1 Å². The molecule has 14 heavy (non-hydrogen) atoms. The van der Waals surface area contributed by atoms with Crippen molar-refractivity contribution in [2.45, 2.75) is 25.0 Å².